The minimum atomic E-state index is -4.02. The molecule has 70 valence electrons. The average molecular weight is 197 g/mol. The molecule has 1 amide bonds. The SMILES string of the molecule is O=C(O)NS(=O)(=O)C1(CF)CC1. The standard InChI is InChI=1S/C5H8FNO4S/c6-3-5(1-2-5)12(10,11)7-4(8)9/h7H,1-3H2,(H,8,9). The molecule has 1 fully saturated rings. The first kappa shape index (κ1) is 9.24. The third-order valence-electron chi connectivity index (χ3n) is 1.84. The van der Waals surface area contributed by atoms with E-state index in [0.717, 1.165) is 0 Å². The molecule has 0 heterocycles. The molecule has 0 aromatic heterocycles. The van der Waals surface area contributed by atoms with Gasteiger partial charge in [-0.15, -0.1) is 0 Å². The van der Waals surface area contributed by atoms with Crippen LogP contribution < -0.4 is 4.72 Å². The lowest BCUT2D eigenvalue weighted by Gasteiger charge is -2.10. The van der Waals surface area contributed by atoms with E-state index in [4.69, 9.17) is 5.11 Å². The molecular weight excluding hydrogens is 189 g/mol. The van der Waals surface area contributed by atoms with Gasteiger partial charge in [-0.05, 0) is 12.8 Å². The Morgan fingerprint density at radius 2 is 2.08 bits per heavy atom. The number of amides is 1. The van der Waals surface area contributed by atoms with Crippen molar-refractivity contribution in [3.05, 3.63) is 0 Å². The van der Waals surface area contributed by atoms with Crippen molar-refractivity contribution in [1.29, 1.82) is 0 Å². The molecule has 0 unspecified atom stereocenters. The van der Waals surface area contributed by atoms with Crippen LogP contribution in [0.4, 0.5) is 9.18 Å². The molecule has 0 bridgehead atoms. The Morgan fingerprint density at radius 1 is 1.58 bits per heavy atom. The topological polar surface area (TPSA) is 83.5 Å². The quantitative estimate of drug-likeness (QED) is 0.671. The number of hydrogen-bond donors (Lipinski definition) is 2. The van der Waals surface area contributed by atoms with Crippen LogP contribution in [0.15, 0.2) is 0 Å². The Hall–Kier alpha value is -0.850. The lowest BCUT2D eigenvalue weighted by Crippen LogP contribution is -2.40. The van der Waals surface area contributed by atoms with Crippen molar-refractivity contribution < 1.29 is 22.7 Å². The summed E-state index contributed by atoms with van der Waals surface area (Å²) in [5.74, 6) is 0. The largest absolute Gasteiger partial charge is 0.464 e. The van der Waals surface area contributed by atoms with Gasteiger partial charge in [-0.3, -0.25) is 0 Å². The van der Waals surface area contributed by atoms with E-state index in [0.29, 0.717) is 0 Å². The molecule has 0 atom stereocenters. The number of hydrogen-bond acceptors (Lipinski definition) is 3. The number of rotatable bonds is 3. The molecule has 1 aliphatic carbocycles. The lowest BCUT2D eigenvalue weighted by atomic mass is 10.5. The van der Waals surface area contributed by atoms with Crippen molar-refractivity contribution in [2.24, 2.45) is 0 Å². The maximum atomic E-state index is 12.2. The summed E-state index contributed by atoms with van der Waals surface area (Å²) in [6.45, 7) is -1.03. The summed E-state index contributed by atoms with van der Waals surface area (Å²) in [7, 11) is -4.02. The molecule has 5 nitrogen and oxygen atoms in total. The smallest absolute Gasteiger partial charge is 0.418 e. The van der Waals surface area contributed by atoms with Crippen LogP contribution in [0.2, 0.25) is 0 Å². The molecule has 0 radical (unpaired) electrons. The van der Waals surface area contributed by atoms with E-state index in [1.165, 1.54) is 4.72 Å². The van der Waals surface area contributed by atoms with Crippen molar-refractivity contribution in [3.63, 3.8) is 0 Å². The maximum absolute atomic E-state index is 12.2. The molecule has 1 rings (SSSR count). The predicted molar refractivity (Wildman–Crippen MR) is 38.0 cm³/mol. The van der Waals surface area contributed by atoms with Crippen molar-refractivity contribution in [2.75, 3.05) is 6.67 Å². The van der Waals surface area contributed by atoms with Gasteiger partial charge in [0.1, 0.15) is 11.4 Å². The van der Waals surface area contributed by atoms with Gasteiger partial charge < -0.3 is 5.11 Å². The van der Waals surface area contributed by atoms with E-state index in [-0.39, 0.29) is 12.8 Å². The molecule has 1 saturated carbocycles. The zero-order valence-corrected chi connectivity index (χ0v) is 6.90. The number of nitrogens with one attached hydrogen (secondary N) is 1. The van der Waals surface area contributed by atoms with Crippen molar-refractivity contribution in [3.8, 4) is 0 Å². The van der Waals surface area contributed by atoms with Gasteiger partial charge in [0.15, 0.2) is 0 Å². The van der Waals surface area contributed by atoms with Crippen LogP contribution in [0.1, 0.15) is 12.8 Å². The van der Waals surface area contributed by atoms with Crippen LogP contribution in [-0.2, 0) is 10.0 Å². The molecular formula is C5H8FNO4S. The Kier molecular flexibility index (Phi) is 1.99. The van der Waals surface area contributed by atoms with Gasteiger partial charge in [-0.25, -0.2) is 22.3 Å². The fourth-order valence-electron chi connectivity index (χ4n) is 0.837. The van der Waals surface area contributed by atoms with Gasteiger partial charge >= 0.3 is 6.09 Å². The monoisotopic (exact) mass is 197 g/mol. The predicted octanol–water partition coefficient (Wildman–Crippen LogP) is 0.0859. The third kappa shape index (κ3) is 1.36. The van der Waals surface area contributed by atoms with Gasteiger partial charge in [0, 0.05) is 0 Å². The second kappa shape index (κ2) is 2.58. The van der Waals surface area contributed by atoms with E-state index in [9.17, 15) is 17.6 Å². The Bertz CT molecular complexity index is 295. The molecule has 0 aromatic rings. The van der Waals surface area contributed by atoms with Crippen molar-refractivity contribution in [2.45, 2.75) is 17.6 Å². The minimum Gasteiger partial charge on any atom is -0.464 e. The zero-order chi connectivity index (χ0) is 9.41. The average Bonchev–Trinajstić information content (AvgIpc) is 2.62. The molecule has 12 heavy (non-hydrogen) atoms. The Balaban J connectivity index is 2.79. The van der Waals surface area contributed by atoms with E-state index < -0.39 is 27.5 Å². The summed E-state index contributed by atoms with van der Waals surface area (Å²) in [5.41, 5.74) is 0. The molecule has 0 saturated heterocycles. The highest BCUT2D eigenvalue weighted by Gasteiger charge is 2.55. The lowest BCUT2D eigenvalue weighted by molar-refractivity contribution is 0.201. The highest BCUT2D eigenvalue weighted by Crippen LogP contribution is 2.43. The van der Waals surface area contributed by atoms with E-state index in [1.54, 1.807) is 0 Å². The Labute approximate surface area is 68.6 Å². The van der Waals surface area contributed by atoms with Gasteiger partial charge in [0.05, 0.1) is 0 Å². The Morgan fingerprint density at radius 3 is 2.33 bits per heavy atom. The van der Waals surface area contributed by atoms with E-state index >= 15 is 0 Å². The fourth-order valence-corrected chi connectivity index (χ4v) is 2.07. The summed E-state index contributed by atoms with van der Waals surface area (Å²) in [5, 5.41) is 8.12. The second-order valence-corrected chi connectivity index (χ2v) is 4.80. The summed E-state index contributed by atoms with van der Waals surface area (Å²) < 4.78 is 34.1. The van der Waals surface area contributed by atoms with Crippen LogP contribution in [0, 0.1) is 0 Å². The van der Waals surface area contributed by atoms with Crippen LogP contribution in [0.5, 0.6) is 0 Å². The number of sulfonamides is 1. The molecule has 2 N–H and O–H groups in total. The molecule has 0 aliphatic heterocycles. The number of alkyl halides is 1. The third-order valence-corrected chi connectivity index (χ3v) is 3.94. The number of carbonyl (C=O) groups is 1. The summed E-state index contributed by atoms with van der Waals surface area (Å²) >= 11 is 0. The van der Waals surface area contributed by atoms with Crippen LogP contribution in [0.25, 0.3) is 0 Å². The second-order valence-electron chi connectivity index (χ2n) is 2.73. The molecule has 0 spiro atoms. The van der Waals surface area contributed by atoms with E-state index in [2.05, 4.69) is 0 Å². The minimum absolute atomic E-state index is 0.187. The molecule has 0 aromatic carbocycles. The van der Waals surface area contributed by atoms with Gasteiger partial charge in [0.2, 0.25) is 10.0 Å². The first-order chi connectivity index (χ1) is 5.43. The van der Waals surface area contributed by atoms with Crippen LogP contribution in [0.3, 0.4) is 0 Å². The highest BCUT2D eigenvalue weighted by atomic mass is 32.2. The fraction of sp³-hybridized carbons (Fsp3) is 0.800. The van der Waals surface area contributed by atoms with Gasteiger partial charge in [0.25, 0.3) is 0 Å². The van der Waals surface area contributed by atoms with Gasteiger partial charge in [-0.2, -0.15) is 0 Å². The summed E-state index contributed by atoms with van der Waals surface area (Å²) in [6.07, 6.45) is -1.30. The number of halogens is 1. The van der Waals surface area contributed by atoms with Crippen molar-refractivity contribution in [1.82, 2.24) is 4.72 Å². The first-order valence-electron chi connectivity index (χ1n) is 3.25. The normalized spacial score (nSPS) is 20.1. The summed E-state index contributed by atoms with van der Waals surface area (Å²) in [4.78, 5) is 9.99. The maximum Gasteiger partial charge on any atom is 0.418 e. The molecule has 1 aliphatic rings. The van der Waals surface area contributed by atoms with E-state index in [1.807, 2.05) is 0 Å². The number of carboxylic acid groups (broad SMARTS) is 1. The zero-order valence-electron chi connectivity index (χ0n) is 6.08. The molecule has 7 heteroatoms. The van der Waals surface area contributed by atoms with Crippen LogP contribution in [-0.4, -0.2) is 31.0 Å². The van der Waals surface area contributed by atoms with Gasteiger partial charge in [-0.1, -0.05) is 0 Å². The highest BCUT2D eigenvalue weighted by molar-refractivity contribution is 7.91. The first-order valence-corrected chi connectivity index (χ1v) is 4.73. The van der Waals surface area contributed by atoms with Crippen molar-refractivity contribution >= 4 is 16.1 Å². The van der Waals surface area contributed by atoms with Crippen LogP contribution >= 0.6 is 0 Å². The summed E-state index contributed by atoms with van der Waals surface area (Å²) in [6, 6.07) is 0.